The molecule has 3 aromatic carbocycles. The number of aromatic nitrogens is 2. The molecule has 38 heavy (non-hydrogen) atoms. The van der Waals surface area contributed by atoms with Gasteiger partial charge in [-0.05, 0) is 61.6 Å². The molecule has 0 fully saturated rings. The van der Waals surface area contributed by atoms with Gasteiger partial charge in [0.1, 0.15) is 30.3 Å². The number of para-hydroxylation sites is 1. The van der Waals surface area contributed by atoms with Gasteiger partial charge in [0.05, 0.1) is 23.1 Å². The Hall–Kier alpha value is -4.43. The fourth-order valence-corrected chi connectivity index (χ4v) is 4.39. The number of nitrogens with zero attached hydrogens (tertiary/aromatic N) is 4. The van der Waals surface area contributed by atoms with E-state index >= 15 is 0 Å². The van der Waals surface area contributed by atoms with Crippen molar-refractivity contribution in [1.29, 1.82) is 0 Å². The molecule has 8 heteroatoms. The van der Waals surface area contributed by atoms with E-state index in [1.54, 1.807) is 11.0 Å². The summed E-state index contributed by atoms with van der Waals surface area (Å²) in [5.74, 6) is 2.65. The number of anilines is 3. The van der Waals surface area contributed by atoms with Crippen LogP contribution in [0, 0.1) is 0 Å². The van der Waals surface area contributed by atoms with Crippen molar-refractivity contribution in [3.63, 3.8) is 0 Å². The number of ether oxygens (including phenoxy) is 2. The van der Waals surface area contributed by atoms with Crippen LogP contribution in [0.5, 0.6) is 17.2 Å². The zero-order valence-electron chi connectivity index (χ0n) is 21.6. The molecule has 1 N–H and O–H groups in total. The molecule has 0 saturated heterocycles. The maximum atomic E-state index is 13.1. The van der Waals surface area contributed by atoms with Gasteiger partial charge >= 0.3 is 0 Å². The Morgan fingerprint density at radius 3 is 2.55 bits per heavy atom. The first-order valence-electron chi connectivity index (χ1n) is 12.9. The van der Waals surface area contributed by atoms with Crippen LogP contribution in [0.2, 0.25) is 0 Å². The number of rotatable bonds is 9. The van der Waals surface area contributed by atoms with Crippen LogP contribution in [0.25, 0.3) is 10.9 Å². The zero-order valence-corrected chi connectivity index (χ0v) is 21.6. The minimum atomic E-state index is -0.0681. The molecule has 1 aliphatic heterocycles. The van der Waals surface area contributed by atoms with E-state index < -0.39 is 0 Å². The Balaban J connectivity index is 1.39. The average Bonchev–Trinajstić information content (AvgIpc) is 2.96. The number of fused-ring (bicyclic) bond motifs is 3. The first-order chi connectivity index (χ1) is 18.7. The van der Waals surface area contributed by atoms with Crippen LogP contribution in [0.3, 0.4) is 0 Å². The minimum absolute atomic E-state index is 0.0681. The van der Waals surface area contributed by atoms with E-state index in [1.165, 1.54) is 6.33 Å². The molecule has 0 bridgehead atoms. The molecule has 0 spiro atoms. The second-order valence-corrected chi connectivity index (χ2v) is 8.82. The quantitative estimate of drug-likeness (QED) is 0.286. The van der Waals surface area contributed by atoms with Crippen LogP contribution < -0.4 is 19.7 Å². The second kappa shape index (κ2) is 11.7. The van der Waals surface area contributed by atoms with E-state index in [0.717, 1.165) is 47.7 Å². The lowest BCUT2D eigenvalue weighted by atomic mass is 10.1. The van der Waals surface area contributed by atoms with E-state index in [2.05, 4.69) is 34.0 Å². The number of amides is 1. The van der Waals surface area contributed by atoms with Crippen LogP contribution in [0.1, 0.15) is 13.8 Å². The van der Waals surface area contributed by atoms with E-state index in [0.29, 0.717) is 30.4 Å². The van der Waals surface area contributed by atoms with Gasteiger partial charge < -0.3 is 24.6 Å². The smallest absolute Gasteiger partial charge is 0.250 e. The van der Waals surface area contributed by atoms with Crippen molar-refractivity contribution < 1.29 is 14.3 Å². The summed E-state index contributed by atoms with van der Waals surface area (Å²) in [7, 11) is 0. The lowest BCUT2D eigenvalue weighted by Crippen LogP contribution is -2.37. The Morgan fingerprint density at radius 1 is 1.03 bits per heavy atom. The molecular formula is C30H31N5O3. The zero-order chi connectivity index (χ0) is 26.3. The van der Waals surface area contributed by atoms with Crippen LogP contribution in [-0.2, 0) is 4.79 Å². The number of likely N-dealkylation sites (N-methyl/N-ethyl adjacent to an activating group) is 1. The summed E-state index contributed by atoms with van der Waals surface area (Å²) in [4.78, 5) is 26.0. The molecule has 0 radical (unpaired) electrons. The van der Waals surface area contributed by atoms with Crippen LogP contribution in [0.4, 0.5) is 17.2 Å². The highest BCUT2D eigenvalue weighted by Crippen LogP contribution is 2.41. The van der Waals surface area contributed by atoms with Gasteiger partial charge in [0, 0.05) is 18.3 Å². The van der Waals surface area contributed by atoms with Crippen molar-refractivity contribution in [2.75, 3.05) is 43.0 Å². The highest BCUT2D eigenvalue weighted by Gasteiger charge is 2.26. The summed E-state index contributed by atoms with van der Waals surface area (Å²) in [6.45, 7) is 7.73. The second-order valence-electron chi connectivity index (χ2n) is 8.82. The van der Waals surface area contributed by atoms with Gasteiger partial charge in [0.25, 0.3) is 5.91 Å². The fourth-order valence-electron chi connectivity index (χ4n) is 4.39. The topological polar surface area (TPSA) is 79.8 Å². The molecular weight excluding hydrogens is 478 g/mol. The number of hydrogen-bond acceptors (Lipinski definition) is 7. The Labute approximate surface area is 222 Å². The maximum absolute atomic E-state index is 13.1. The fraction of sp³-hybridized carbons (Fsp3) is 0.233. The van der Waals surface area contributed by atoms with Crippen molar-refractivity contribution in [2.45, 2.75) is 13.8 Å². The molecule has 0 unspecified atom stereocenters. The Kier molecular flexibility index (Phi) is 7.80. The summed E-state index contributed by atoms with van der Waals surface area (Å²) in [6, 6.07) is 21.1. The molecule has 4 aromatic rings. The predicted octanol–water partition coefficient (Wildman–Crippen LogP) is 5.79. The predicted molar refractivity (Wildman–Crippen MR) is 151 cm³/mol. The Morgan fingerprint density at radius 2 is 1.79 bits per heavy atom. The number of carbonyl (C=O) groups is 1. The number of nitrogens with one attached hydrogen (secondary N) is 1. The number of hydrogen-bond donors (Lipinski definition) is 1. The van der Waals surface area contributed by atoms with Crippen molar-refractivity contribution in [1.82, 2.24) is 14.9 Å². The third-order valence-corrected chi connectivity index (χ3v) is 6.47. The molecule has 1 aromatic heterocycles. The summed E-state index contributed by atoms with van der Waals surface area (Å²) < 4.78 is 12.0. The summed E-state index contributed by atoms with van der Waals surface area (Å²) in [6.07, 6.45) is 5.09. The molecule has 0 saturated carbocycles. The average molecular weight is 510 g/mol. The molecule has 0 aliphatic carbocycles. The first kappa shape index (κ1) is 25.2. The van der Waals surface area contributed by atoms with E-state index in [1.807, 2.05) is 72.8 Å². The van der Waals surface area contributed by atoms with Gasteiger partial charge in [-0.1, -0.05) is 38.1 Å². The standard InChI is InChI=1S/C30H31N5O3/c1-3-34(4-2)18-8-11-27(36)35-19-20-37-29-26(35)17-16-25-28(29)30(32-21-31-25)33-22-12-14-24(15-13-22)38-23-9-6-5-7-10-23/h5-17,21H,3-4,18-20H2,1-2H3,(H,31,32,33)/b11-8+. The maximum Gasteiger partial charge on any atom is 0.250 e. The van der Waals surface area contributed by atoms with Gasteiger partial charge in [-0.3, -0.25) is 4.79 Å². The molecule has 1 amide bonds. The largest absolute Gasteiger partial charge is 0.489 e. The highest BCUT2D eigenvalue weighted by atomic mass is 16.5. The third-order valence-electron chi connectivity index (χ3n) is 6.47. The minimum Gasteiger partial charge on any atom is -0.489 e. The lowest BCUT2D eigenvalue weighted by Gasteiger charge is -2.30. The summed E-state index contributed by atoms with van der Waals surface area (Å²) in [5.41, 5.74) is 2.29. The highest BCUT2D eigenvalue weighted by molar-refractivity contribution is 6.07. The van der Waals surface area contributed by atoms with E-state index in [9.17, 15) is 4.79 Å². The number of carbonyl (C=O) groups excluding carboxylic acids is 1. The molecule has 194 valence electrons. The summed E-state index contributed by atoms with van der Waals surface area (Å²) >= 11 is 0. The summed E-state index contributed by atoms with van der Waals surface area (Å²) in [5, 5.41) is 4.12. The van der Waals surface area contributed by atoms with Gasteiger partial charge in [0.15, 0.2) is 5.75 Å². The number of benzene rings is 3. The Bertz CT molecular complexity index is 1420. The third kappa shape index (κ3) is 5.60. The molecule has 5 rings (SSSR count). The molecule has 2 heterocycles. The van der Waals surface area contributed by atoms with Gasteiger partial charge in [-0.15, -0.1) is 0 Å². The SMILES string of the molecule is CCN(CC)C/C=C/C(=O)N1CCOc2c1ccc1ncnc(Nc3ccc(Oc4ccccc4)cc3)c21. The van der Waals surface area contributed by atoms with Crippen LogP contribution in [0.15, 0.2) is 85.2 Å². The van der Waals surface area contributed by atoms with Crippen molar-refractivity contribution >= 4 is 34.0 Å². The van der Waals surface area contributed by atoms with Crippen LogP contribution in [-0.4, -0.2) is 53.6 Å². The monoisotopic (exact) mass is 509 g/mol. The van der Waals surface area contributed by atoms with E-state index in [4.69, 9.17) is 9.47 Å². The van der Waals surface area contributed by atoms with Crippen LogP contribution >= 0.6 is 0 Å². The lowest BCUT2D eigenvalue weighted by molar-refractivity contribution is -0.114. The first-order valence-corrected chi connectivity index (χ1v) is 12.9. The normalized spacial score (nSPS) is 13.0. The van der Waals surface area contributed by atoms with Crippen molar-refractivity contribution in [3.8, 4) is 17.2 Å². The van der Waals surface area contributed by atoms with Gasteiger partial charge in [-0.2, -0.15) is 0 Å². The molecule has 0 atom stereocenters. The van der Waals surface area contributed by atoms with Gasteiger partial charge in [0.2, 0.25) is 0 Å². The van der Waals surface area contributed by atoms with E-state index in [-0.39, 0.29) is 5.91 Å². The molecule has 1 aliphatic rings. The van der Waals surface area contributed by atoms with Gasteiger partial charge in [-0.25, -0.2) is 9.97 Å². The van der Waals surface area contributed by atoms with Crippen molar-refractivity contribution in [3.05, 3.63) is 85.2 Å². The van der Waals surface area contributed by atoms with Crippen molar-refractivity contribution in [2.24, 2.45) is 0 Å². The molecule has 8 nitrogen and oxygen atoms in total.